The van der Waals surface area contributed by atoms with Gasteiger partial charge in [-0.3, -0.25) is 6.08 Å². The van der Waals surface area contributed by atoms with Crippen molar-refractivity contribution < 1.29 is 24.2 Å². The molecule has 0 saturated heterocycles. The molecule has 6 rings (SSSR count). The molecule has 0 nitrogen and oxygen atoms in total. The zero-order chi connectivity index (χ0) is 35.5. The molecule has 1 aliphatic carbocycles. The van der Waals surface area contributed by atoms with Gasteiger partial charge in [-0.1, -0.05) is 117 Å². The number of hydrogen-bond donors (Lipinski definition) is 0. The van der Waals surface area contributed by atoms with E-state index >= 15 is 0 Å². The number of fused-ring (bicyclic) bond motifs is 3. The van der Waals surface area contributed by atoms with Crippen LogP contribution in [0, 0.1) is 6.08 Å². The first kappa shape index (κ1) is 43.7. The molecule has 0 saturated carbocycles. The molecule has 0 aliphatic heterocycles. The second-order valence-corrected chi connectivity index (χ2v) is 18.5. The van der Waals surface area contributed by atoms with Crippen molar-refractivity contribution in [1.82, 2.24) is 0 Å². The zero-order valence-electron chi connectivity index (χ0n) is 32.4. The summed E-state index contributed by atoms with van der Waals surface area (Å²) in [7, 11) is 0. The van der Waals surface area contributed by atoms with Crippen LogP contribution in [0.4, 0.5) is 0 Å². The predicted octanol–water partition coefficient (Wildman–Crippen LogP) is 13.9. The third-order valence-corrected chi connectivity index (χ3v) is 10.3. The minimum atomic E-state index is 0. The summed E-state index contributed by atoms with van der Waals surface area (Å²) >= 11 is 1.46. The number of allylic oxidation sites excluding steroid dienone is 4. The van der Waals surface area contributed by atoms with Crippen LogP contribution in [0.1, 0.15) is 123 Å². The van der Waals surface area contributed by atoms with E-state index in [0.717, 1.165) is 6.42 Å². The average molecular weight is 785 g/mol. The predicted molar refractivity (Wildman–Crippen MR) is 224 cm³/mol. The van der Waals surface area contributed by atoms with E-state index in [0.29, 0.717) is 0 Å². The second kappa shape index (κ2) is 17.4. The molecule has 0 atom stereocenters. The Balaban J connectivity index is 0.000000341. The number of halogens is 2. The van der Waals surface area contributed by atoms with E-state index in [1.54, 1.807) is 0 Å². The van der Waals surface area contributed by atoms with E-state index in [1.165, 1.54) is 82.4 Å². The van der Waals surface area contributed by atoms with Crippen LogP contribution in [0.15, 0.2) is 109 Å². The van der Waals surface area contributed by atoms with Gasteiger partial charge in [0, 0.05) is 0 Å². The normalized spacial score (nSPS) is 12.8. The van der Waals surface area contributed by atoms with Crippen LogP contribution in [0.5, 0.6) is 0 Å². The molecular weight excluding hydrogens is 727 g/mol. The monoisotopic (exact) mass is 782 g/mol. The molecule has 0 radical (unpaired) electrons. The number of benzene rings is 4. The Morgan fingerprint density at radius 1 is 0.540 bits per heavy atom. The average Bonchev–Trinajstić information content (AvgIpc) is 3.71. The van der Waals surface area contributed by atoms with E-state index in [4.69, 9.17) is 0 Å². The van der Waals surface area contributed by atoms with Crippen molar-refractivity contribution >= 4 is 49.6 Å². The molecule has 1 aliphatic rings. The molecule has 5 aromatic rings. The minimum absolute atomic E-state index is 0. The zero-order valence-corrected chi connectivity index (χ0v) is 36.5. The fraction of sp³-hybridized carbons (Fsp3) is 0.362. The van der Waals surface area contributed by atoms with Gasteiger partial charge < -0.3 is 0 Å². The fourth-order valence-corrected chi connectivity index (χ4v) is 7.12. The molecule has 0 fully saturated rings. The molecule has 0 bridgehead atoms. The van der Waals surface area contributed by atoms with Crippen molar-refractivity contribution in [2.24, 2.45) is 0 Å². The van der Waals surface area contributed by atoms with E-state index < -0.39 is 0 Å². The maximum atomic E-state index is 2.99. The van der Waals surface area contributed by atoms with Gasteiger partial charge in [0.25, 0.3) is 0 Å². The second-order valence-electron chi connectivity index (χ2n) is 17.2. The Morgan fingerprint density at radius 2 is 0.880 bits per heavy atom. The standard InChI is InChI=1S/C29H41.C13H10.C5H5.2ClH.Zr/c1-26(2,3)22-14-18-13-19-15-23(27(4,5)6)25(29(10,11)12)17-21(19)20(18)16-24(22)28(7,8)9;1-3-7-12(8-4-1)11-13-9-5-2-6-10-13;1-2-4-5-3-1;;;/h13-17H,1-12H3;1-10H;1-3H,4H2;2*1H;/q-1;;-1;;;+2. The first-order valence-corrected chi connectivity index (χ1v) is 18.7. The summed E-state index contributed by atoms with van der Waals surface area (Å²) in [6, 6.07) is 33.4. The Bertz CT molecular complexity index is 1770. The third-order valence-electron chi connectivity index (χ3n) is 8.92. The van der Waals surface area contributed by atoms with Gasteiger partial charge in [0.2, 0.25) is 0 Å². The van der Waals surface area contributed by atoms with Crippen molar-refractivity contribution in [3.05, 3.63) is 149 Å². The molecule has 0 heterocycles. The Labute approximate surface area is 331 Å². The van der Waals surface area contributed by atoms with E-state index in [1.807, 2.05) is 12.2 Å². The maximum absolute atomic E-state index is 2.99. The van der Waals surface area contributed by atoms with Gasteiger partial charge in [0.1, 0.15) is 0 Å². The van der Waals surface area contributed by atoms with Crippen LogP contribution in [0.25, 0.3) is 21.5 Å². The Kier molecular flexibility index (Phi) is 15.2. The van der Waals surface area contributed by atoms with Gasteiger partial charge in [0.05, 0.1) is 0 Å². The molecular formula is C47H58Cl2Zr. The van der Waals surface area contributed by atoms with Gasteiger partial charge >= 0.3 is 99.2 Å². The van der Waals surface area contributed by atoms with Crippen molar-refractivity contribution in [2.75, 3.05) is 0 Å². The third kappa shape index (κ3) is 11.0. The van der Waals surface area contributed by atoms with Crippen molar-refractivity contribution in [3.63, 3.8) is 0 Å². The Hall–Kier alpha value is -2.44. The fourth-order valence-electron chi connectivity index (χ4n) is 6.30. The molecule has 0 N–H and O–H groups in total. The van der Waals surface area contributed by atoms with Crippen molar-refractivity contribution in [1.29, 1.82) is 0 Å². The van der Waals surface area contributed by atoms with Gasteiger partial charge in [-0.25, -0.2) is 12.2 Å². The molecule has 0 unspecified atom stereocenters. The van der Waals surface area contributed by atoms with Crippen LogP contribution < -0.4 is 0 Å². The molecule has 3 heteroatoms. The first-order chi connectivity index (χ1) is 22.3. The number of hydrogen-bond acceptors (Lipinski definition) is 0. The van der Waals surface area contributed by atoms with Crippen molar-refractivity contribution in [2.45, 2.75) is 111 Å². The van der Waals surface area contributed by atoms with E-state index in [-0.39, 0.29) is 46.5 Å². The first-order valence-electron chi connectivity index (χ1n) is 17.4. The van der Waals surface area contributed by atoms with Crippen LogP contribution in [-0.4, -0.2) is 3.21 Å². The van der Waals surface area contributed by atoms with Crippen LogP contribution in [0.2, 0.25) is 0 Å². The summed E-state index contributed by atoms with van der Waals surface area (Å²) in [5.41, 5.74) is 9.07. The quantitative estimate of drug-likeness (QED) is 0.156. The van der Waals surface area contributed by atoms with E-state index in [9.17, 15) is 0 Å². The molecule has 0 amide bonds. The van der Waals surface area contributed by atoms with Gasteiger partial charge in [-0.05, 0) is 21.7 Å². The van der Waals surface area contributed by atoms with Crippen LogP contribution in [-0.2, 0) is 45.9 Å². The summed E-state index contributed by atoms with van der Waals surface area (Å²) in [5.74, 6) is 0. The SMILES string of the molecule is CC(C)(C)c1cc2[cH-]c3cc(C(C)(C)C)c(C(C)(C)C)cc3c2cc1C(C)(C)C.Cl.Cl.[C-]1=CC=CC1.[Zr+2]=[C](c1ccccc1)c1ccccc1. The summed E-state index contributed by atoms with van der Waals surface area (Å²) in [4.78, 5) is 0. The molecule has 264 valence electrons. The summed E-state index contributed by atoms with van der Waals surface area (Å²) in [5, 5.41) is 5.57. The molecule has 0 spiro atoms. The van der Waals surface area contributed by atoms with Gasteiger partial charge in [-0.2, -0.15) is 6.08 Å². The van der Waals surface area contributed by atoms with Gasteiger partial charge in [-0.15, -0.1) is 71.0 Å². The van der Waals surface area contributed by atoms with Crippen molar-refractivity contribution in [3.8, 4) is 0 Å². The summed E-state index contributed by atoms with van der Waals surface area (Å²) in [6.07, 6.45) is 10.0. The molecule has 5 aromatic carbocycles. The summed E-state index contributed by atoms with van der Waals surface area (Å²) < 4.78 is 1.42. The molecule has 50 heavy (non-hydrogen) atoms. The summed E-state index contributed by atoms with van der Waals surface area (Å²) in [6.45, 7) is 28.0. The van der Waals surface area contributed by atoms with Crippen LogP contribution >= 0.6 is 24.8 Å². The topological polar surface area (TPSA) is 0 Å². The van der Waals surface area contributed by atoms with E-state index in [2.05, 4.69) is 186 Å². The van der Waals surface area contributed by atoms with Gasteiger partial charge in [0.15, 0.2) is 0 Å². The molecule has 0 aromatic heterocycles. The number of rotatable bonds is 2. The van der Waals surface area contributed by atoms with Crippen LogP contribution in [0.3, 0.4) is 0 Å². The Morgan fingerprint density at radius 3 is 1.14 bits per heavy atom.